The molecule has 0 amide bonds. The molecule has 0 fully saturated rings. The van der Waals surface area contributed by atoms with Crippen LogP contribution in [0.1, 0.15) is 53.2 Å². The molecule has 0 saturated heterocycles. The Balaban J connectivity index is 1.82. The number of esters is 1. The van der Waals surface area contributed by atoms with E-state index in [0.717, 1.165) is 47.9 Å². The normalized spacial score (nSPS) is 12.6. The Labute approximate surface area is 215 Å². The van der Waals surface area contributed by atoms with Gasteiger partial charge in [0.25, 0.3) is 0 Å². The van der Waals surface area contributed by atoms with E-state index in [1.165, 1.54) is 12.7 Å². The lowest BCUT2D eigenvalue weighted by molar-refractivity contribution is -0.140. The lowest BCUT2D eigenvalue weighted by Crippen LogP contribution is -2.17. The third-order valence-corrected chi connectivity index (χ3v) is 6.78. The molecule has 2 atom stereocenters. The molecule has 3 rings (SSSR count). The molecule has 36 heavy (non-hydrogen) atoms. The number of carbonyl (C=O) groups is 1. The third-order valence-electron chi connectivity index (χ3n) is 6.78. The summed E-state index contributed by atoms with van der Waals surface area (Å²) in [6.45, 7) is 1.95. The summed E-state index contributed by atoms with van der Waals surface area (Å²) < 4.78 is 15.9. The minimum Gasteiger partial charge on any atom is -0.496 e. The Kier molecular flexibility index (Phi) is 10.4. The van der Waals surface area contributed by atoms with Crippen LogP contribution in [0.25, 0.3) is 0 Å². The van der Waals surface area contributed by atoms with Gasteiger partial charge in [-0.25, -0.2) is 0 Å². The molecule has 0 aliphatic carbocycles. The lowest BCUT2D eigenvalue weighted by atomic mass is 9.84. The third kappa shape index (κ3) is 7.59. The number of ether oxygens (including phenoxy) is 3. The molecule has 1 N–H and O–H groups in total. The maximum atomic E-state index is 11.6. The molecule has 2 unspecified atom stereocenters. The molecule has 5 nitrogen and oxygen atoms in total. The van der Waals surface area contributed by atoms with Crippen LogP contribution >= 0.6 is 0 Å². The second kappa shape index (κ2) is 13.7. The van der Waals surface area contributed by atoms with Crippen molar-refractivity contribution in [1.29, 1.82) is 0 Å². The summed E-state index contributed by atoms with van der Waals surface area (Å²) in [6.07, 6.45) is 3.82. The predicted octanol–water partition coefficient (Wildman–Crippen LogP) is 6.03. The standard InChI is InChI=1S/C31H38O5/c1-22-28(34-2)20-27(21-29(22)35-3)31(33)26(15-9-12-23-10-6-5-7-11-23)19-25-14-8-13-24(18-25)16-17-30(32)36-4/h5-8,10-11,13-14,18,20-21,26,31,33H,9,12,15-17,19H2,1-4H3. The number of aliphatic hydroxyl groups is 1. The first-order valence-corrected chi connectivity index (χ1v) is 12.5. The minimum atomic E-state index is -0.678. The SMILES string of the molecule is COC(=O)CCc1cccc(CC(CCCc2ccccc2)C(O)c2cc(OC)c(C)c(OC)c2)c1. The van der Waals surface area contributed by atoms with Crippen molar-refractivity contribution >= 4 is 5.97 Å². The van der Waals surface area contributed by atoms with Crippen LogP contribution in [-0.2, 0) is 28.8 Å². The first-order chi connectivity index (χ1) is 17.4. The summed E-state index contributed by atoms with van der Waals surface area (Å²) in [4.78, 5) is 11.6. The van der Waals surface area contributed by atoms with Crippen LogP contribution in [0.5, 0.6) is 11.5 Å². The summed E-state index contributed by atoms with van der Waals surface area (Å²) in [5.41, 5.74) is 5.24. The number of methoxy groups -OCH3 is 3. The predicted molar refractivity (Wildman–Crippen MR) is 143 cm³/mol. The zero-order valence-corrected chi connectivity index (χ0v) is 21.8. The van der Waals surface area contributed by atoms with E-state index >= 15 is 0 Å². The van der Waals surface area contributed by atoms with Crippen LogP contribution in [-0.4, -0.2) is 32.4 Å². The zero-order chi connectivity index (χ0) is 25.9. The maximum absolute atomic E-state index is 11.6. The van der Waals surface area contributed by atoms with Crippen LogP contribution < -0.4 is 9.47 Å². The van der Waals surface area contributed by atoms with Crippen molar-refractivity contribution in [2.24, 2.45) is 5.92 Å². The van der Waals surface area contributed by atoms with Gasteiger partial charge in [-0.2, -0.15) is 0 Å². The van der Waals surface area contributed by atoms with Crippen molar-refractivity contribution in [3.63, 3.8) is 0 Å². The highest BCUT2D eigenvalue weighted by atomic mass is 16.5. The molecule has 0 spiro atoms. The summed E-state index contributed by atoms with van der Waals surface area (Å²) >= 11 is 0. The average molecular weight is 491 g/mol. The quantitative estimate of drug-likeness (QED) is 0.296. The summed E-state index contributed by atoms with van der Waals surface area (Å²) in [7, 11) is 4.68. The highest BCUT2D eigenvalue weighted by molar-refractivity contribution is 5.69. The van der Waals surface area contributed by atoms with Crippen molar-refractivity contribution < 1.29 is 24.1 Å². The van der Waals surface area contributed by atoms with Gasteiger partial charge >= 0.3 is 5.97 Å². The van der Waals surface area contributed by atoms with Crippen molar-refractivity contribution in [2.45, 2.75) is 51.6 Å². The highest BCUT2D eigenvalue weighted by Crippen LogP contribution is 2.36. The Morgan fingerprint density at radius 1 is 0.833 bits per heavy atom. The van der Waals surface area contributed by atoms with Gasteiger partial charge in [0.2, 0.25) is 0 Å². The van der Waals surface area contributed by atoms with Crippen LogP contribution in [0.2, 0.25) is 0 Å². The van der Waals surface area contributed by atoms with Gasteiger partial charge in [-0.05, 0) is 79.3 Å². The fraction of sp³-hybridized carbons (Fsp3) is 0.387. The van der Waals surface area contributed by atoms with Gasteiger partial charge in [0, 0.05) is 12.0 Å². The molecule has 3 aromatic rings. The number of aliphatic hydroxyl groups excluding tert-OH is 1. The number of hydrogen-bond acceptors (Lipinski definition) is 5. The number of hydrogen-bond donors (Lipinski definition) is 1. The fourth-order valence-electron chi connectivity index (χ4n) is 4.70. The average Bonchev–Trinajstić information content (AvgIpc) is 2.91. The molecule has 5 heteroatoms. The monoisotopic (exact) mass is 490 g/mol. The highest BCUT2D eigenvalue weighted by Gasteiger charge is 2.24. The van der Waals surface area contributed by atoms with E-state index in [9.17, 15) is 9.90 Å². The summed E-state index contributed by atoms with van der Waals surface area (Å²) in [6, 6.07) is 22.6. The molecule has 0 radical (unpaired) electrons. The van der Waals surface area contributed by atoms with E-state index < -0.39 is 6.10 Å². The van der Waals surface area contributed by atoms with E-state index in [-0.39, 0.29) is 11.9 Å². The van der Waals surface area contributed by atoms with Crippen LogP contribution in [0.3, 0.4) is 0 Å². The van der Waals surface area contributed by atoms with E-state index in [0.29, 0.717) is 24.3 Å². The van der Waals surface area contributed by atoms with E-state index in [1.807, 2.05) is 37.3 Å². The van der Waals surface area contributed by atoms with E-state index in [2.05, 4.69) is 36.4 Å². The lowest BCUT2D eigenvalue weighted by Gasteiger charge is -2.25. The first-order valence-electron chi connectivity index (χ1n) is 12.5. The molecular formula is C31H38O5. The smallest absolute Gasteiger partial charge is 0.305 e. The van der Waals surface area contributed by atoms with Gasteiger partial charge in [0.05, 0.1) is 27.4 Å². The number of aryl methyl sites for hydroxylation is 2. The minimum absolute atomic E-state index is 0.00156. The Hall–Kier alpha value is -3.31. The van der Waals surface area contributed by atoms with E-state index in [4.69, 9.17) is 14.2 Å². The van der Waals surface area contributed by atoms with Crippen LogP contribution in [0.15, 0.2) is 66.7 Å². The second-order valence-corrected chi connectivity index (χ2v) is 9.23. The van der Waals surface area contributed by atoms with Crippen molar-refractivity contribution in [3.8, 4) is 11.5 Å². The van der Waals surface area contributed by atoms with E-state index in [1.54, 1.807) is 14.2 Å². The fourth-order valence-corrected chi connectivity index (χ4v) is 4.70. The Bertz CT molecular complexity index is 1080. The van der Waals surface area contributed by atoms with Gasteiger partial charge in [-0.15, -0.1) is 0 Å². The second-order valence-electron chi connectivity index (χ2n) is 9.23. The van der Waals surface area contributed by atoms with Gasteiger partial charge in [0.15, 0.2) is 0 Å². The Morgan fingerprint density at radius 3 is 2.11 bits per heavy atom. The topological polar surface area (TPSA) is 65.0 Å². The summed E-state index contributed by atoms with van der Waals surface area (Å²) in [5, 5.41) is 11.6. The van der Waals surface area contributed by atoms with Crippen LogP contribution in [0, 0.1) is 12.8 Å². The van der Waals surface area contributed by atoms with Gasteiger partial charge < -0.3 is 19.3 Å². The molecule has 0 aromatic heterocycles. The number of benzene rings is 3. The molecule has 0 aliphatic heterocycles. The molecule has 3 aromatic carbocycles. The summed E-state index contributed by atoms with van der Waals surface area (Å²) in [5.74, 6) is 1.20. The Morgan fingerprint density at radius 2 is 1.47 bits per heavy atom. The van der Waals surface area contributed by atoms with Crippen molar-refractivity contribution in [2.75, 3.05) is 21.3 Å². The maximum Gasteiger partial charge on any atom is 0.305 e. The molecule has 192 valence electrons. The molecule has 0 heterocycles. The largest absolute Gasteiger partial charge is 0.496 e. The van der Waals surface area contributed by atoms with Gasteiger partial charge in [-0.1, -0.05) is 54.6 Å². The zero-order valence-electron chi connectivity index (χ0n) is 21.8. The molecular weight excluding hydrogens is 452 g/mol. The number of carbonyl (C=O) groups excluding carboxylic acids is 1. The molecule has 0 saturated carbocycles. The van der Waals surface area contributed by atoms with Gasteiger partial charge in [0.1, 0.15) is 11.5 Å². The van der Waals surface area contributed by atoms with Crippen molar-refractivity contribution in [1.82, 2.24) is 0 Å². The van der Waals surface area contributed by atoms with Crippen molar-refractivity contribution in [3.05, 3.63) is 94.5 Å². The van der Waals surface area contributed by atoms with Crippen LogP contribution in [0.4, 0.5) is 0 Å². The molecule has 0 bridgehead atoms. The van der Waals surface area contributed by atoms with Gasteiger partial charge in [-0.3, -0.25) is 4.79 Å². The number of rotatable bonds is 13. The first kappa shape index (κ1) is 27.3. The molecule has 0 aliphatic rings.